The van der Waals surface area contributed by atoms with Gasteiger partial charge in [0.05, 0.1) is 16.3 Å². The van der Waals surface area contributed by atoms with Crippen LogP contribution in [0.2, 0.25) is 5.02 Å². The van der Waals surface area contributed by atoms with Crippen molar-refractivity contribution in [1.82, 2.24) is 4.90 Å². The first kappa shape index (κ1) is 23.0. The molecule has 174 valence electrons. The predicted molar refractivity (Wildman–Crippen MR) is 141 cm³/mol. The molecule has 1 amide bonds. The van der Waals surface area contributed by atoms with E-state index in [1.807, 2.05) is 72.1 Å². The largest absolute Gasteiger partial charge is 0.490 e. The first-order chi connectivity index (χ1) is 17.1. The van der Waals surface area contributed by atoms with Crippen molar-refractivity contribution in [3.05, 3.63) is 106 Å². The first-order valence-electron chi connectivity index (χ1n) is 10.9. The molecule has 2 aliphatic rings. The van der Waals surface area contributed by atoms with Gasteiger partial charge in [0.15, 0.2) is 5.17 Å². The minimum absolute atomic E-state index is 0.0968. The predicted octanol–water partition coefficient (Wildman–Crippen LogP) is 6.10. The van der Waals surface area contributed by atoms with Gasteiger partial charge in [-0.3, -0.25) is 15.1 Å². The molecule has 0 saturated carbocycles. The van der Waals surface area contributed by atoms with E-state index in [9.17, 15) is 4.79 Å². The molecule has 0 unspecified atom stereocenters. The summed E-state index contributed by atoms with van der Waals surface area (Å²) in [7, 11) is 0. The van der Waals surface area contributed by atoms with E-state index in [-0.39, 0.29) is 11.4 Å². The molecule has 0 bridgehead atoms. The molecule has 0 radical (unpaired) electrons. The number of nitrogens with zero attached hydrogens (tertiary/aromatic N) is 2. The second-order valence-corrected chi connectivity index (χ2v) is 8.87. The molecule has 0 fully saturated rings. The number of halogens is 1. The van der Waals surface area contributed by atoms with Crippen molar-refractivity contribution in [3.8, 4) is 11.5 Å². The summed E-state index contributed by atoms with van der Waals surface area (Å²) in [5, 5.41) is 11.7. The Hall–Kier alpha value is -3.81. The number of thioether (sulfide) groups is 1. The lowest BCUT2D eigenvalue weighted by Gasteiger charge is -2.26. The van der Waals surface area contributed by atoms with Crippen LogP contribution in [0.5, 0.6) is 11.5 Å². The third kappa shape index (κ3) is 5.01. The highest BCUT2D eigenvalue weighted by atomic mass is 35.5. The molecular weight excluding hydrogens is 482 g/mol. The number of carbonyl (C=O) groups is 1. The number of carbonyl (C=O) groups excluding carboxylic acids is 1. The summed E-state index contributed by atoms with van der Waals surface area (Å²) in [6.45, 7) is 0.654. The number of benzene rings is 3. The maximum Gasteiger partial charge on any atom is 0.283 e. The SMILES string of the molecule is N=C1C(=Cc2cccc(OCCOc3ccccc3Cl)c2)C(=O)N=C2SC=C(c3ccccc3)N12. The molecule has 0 saturated heterocycles. The number of para-hydroxylation sites is 1. The van der Waals surface area contributed by atoms with Crippen molar-refractivity contribution in [3.63, 3.8) is 0 Å². The fraction of sp³-hybridized carbons (Fsp3) is 0.0741. The zero-order chi connectivity index (χ0) is 24.2. The Labute approximate surface area is 212 Å². The van der Waals surface area contributed by atoms with E-state index >= 15 is 0 Å². The van der Waals surface area contributed by atoms with Crippen molar-refractivity contribution in [1.29, 1.82) is 5.41 Å². The fourth-order valence-corrected chi connectivity index (χ4v) is 4.73. The van der Waals surface area contributed by atoms with Crippen LogP contribution < -0.4 is 9.47 Å². The van der Waals surface area contributed by atoms with Crippen molar-refractivity contribution < 1.29 is 14.3 Å². The summed E-state index contributed by atoms with van der Waals surface area (Å²) in [4.78, 5) is 18.7. The Morgan fingerprint density at radius 1 is 0.971 bits per heavy atom. The Balaban J connectivity index is 1.29. The van der Waals surface area contributed by atoms with Crippen LogP contribution in [-0.4, -0.2) is 35.0 Å². The number of nitrogens with one attached hydrogen (secondary N) is 1. The zero-order valence-corrected chi connectivity index (χ0v) is 20.1. The second kappa shape index (κ2) is 10.2. The normalized spacial score (nSPS) is 16.1. The summed E-state index contributed by atoms with van der Waals surface area (Å²) in [5.74, 6) is 0.896. The Bertz CT molecular complexity index is 1390. The van der Waals surface area contributed by atoms with E-state index in [1.165, 1.54) is 11.8 Å². The van der Waals surface area contributed by atoms with Gasteiger partial charge in [0.1, 0.15) is 30.5 Å². The summed E-state index contributed by atoms with van der Waals surface area (Å²) < 4.78 is 11.5. The highest BCUT2D eigenvalue weighted by Crippen LogP contribution is 2.37. The van der Waals surface area contributed by atoms with Gasteiger partial charge in [0.2, 0.25) is 0 Å². The number of rotatable bonds is 7. The van der Waals surface area contributed by atoms with Crippen molar-refractivity contribution in [2.75, 3.05) is 13.2 Å². The molecule has 1 N–H and O–H groups in total. The van der Waals surface area contributed by atoms with Crippen LogP contribution in [0.4, 0.5) is 0 Å². The Kier molecular flexibility index (Phi) is 6.70. The summed E-state index contributed by atoms with van der Waals surface area (Å²) in [6.07, 6.45) is 1.67. The van der Waals surface area contributed by atoms with Gasteiger partial charge in [-0.1, -0.05) is 78.0 Å². The molecule has 8 heteroatoms. The molecule has 3 aromatic rings. The first-order valence-corrected chi connectivity index (χ1v) is 12.1. The van der Waals surface area contributed by atoms with Gasteiger partial charge in [-0.2, -0.15) is 4.99 Å². The van der Waals surface area contributed by atoms with Crippen LogP contribution in [0.1, 0.15) is 11.1 Å². The molecule has 2 aliphatic heterocycles. The van der Waals surface area contributed by atoms with Crippen LogP contribution in [0.25, 0.3) is 11.8 Å². The number of amidine groups is 2. The monoisotopic (exact) mass is 501 g/mol. The van der Waals surface area contributed by atoms with Gasteiger partial charge in [0.25, 0.3) is 5.91 Å². The van der Waals surface area contributed by atoms with Gasteiger partial charge in [-0.05, 0) is 41.5 Å². The van der Waals surface area contributed by atoms with Gasteiger partial charge >= 0.3 is 0 Å². The minimum Gasteiger partial charge on any atom is -0.490 e. The maximum atomic E-state index is 12.7. The molecule has 0 atom stereocenters. The van der Waals surface area contributed by atoms with E-state index in [1.54, 1.807) is 23.1 Å². The maximum absolute atomic E-state index is 12.7. The topological polar surface area (TPSA) is 75.0 Å². The summed E-state index contributed by atoms with van der Waals surface area (Å²) in [6, 6.07) is 24.4. The van der Waals surface area contributed by atoms with Crippen LogP contribution in [-0.2, 0) is 4.79 Å². The molecule has 0 aliphatic carbocycles. The lowest BCUT2D eigenvalue weighted by atomic mass is 10.1. The van der Waals surface area contributed by atoms with Crippen LogP contribution in [0, 0.1) is 5.41 Å². The molecule has 2 heterocycles. The average molecular weight is 502 g/mol. The number of hydrogen-bond acceptors (Lipinski definition) is 5. The molecule has 6 nitrogen and oxygen atoms in total. The average Bonchev–Trinajstić information content (AvgIpc) is 3.30. The van der Waals surface area contributed by atoms with E-state index < -0.39 is 5.91 Å². The number of hydrogen-bond donors (Lipinski definition) is 1. The standard InChI is InChI=1S/C27H20ClN3O3S/c28-22-11-4-5-12-24(22)34-14-13-33-20-10-6-7-18(15-20)16-21-25(29)31-23(19-8-2-1-3-9-19)17-35-27(31)30-26(21)32/h1-12,15-17,29H,13-14H2. The molecule has 0 aromatic heterocycles. The second-order valence-electron chi connectivity index (χ2n) is 7.63. The molecule has 5 rings (SSSR count). The highest BCUT2D eigenvalue weighted by Gasteiger charge is 2.36. The van der Waals surface area contributed by atoms with Crippen LogP contribution in [0.3, 0.4) is 0 Å². The van der Waals surface area contributed by atoms with E-state index in [2.05, 4.69) is 4.99 Å². The highest BCUT2D eigenvalue weighted by molar-refractivity contribution is 8.17. The smallest absolute Gasteiger partial charge is 0.283 e. The van der Waals surface area contributed by atoms with Gasteiger partial charge < -0.3 is 9.47 Å². The van der Waals surface area contributed by atoms with Crippen molar-refractivity contribution in [2.24, 2.45) is 4.99 Å². The number of fused-ring (bicyclic) bond motifs is 1. The zero-order valence-electron chi connectivity index (χ0n) is 18.5. The summed E-state index contributed by atoms with van der Waals surface area (Å²) >= 11 is 7.44. The van der Waals surface area contributed by atoms with Crippen molar-refractivity contribution in [2.45, 2.75) is 0 Å². The number of ether oxygens (including phenoxy) is 2. The number of aliphatic imine (C=N–C) groups is 1. The lowest BCUT2D eigenvalue weighted by molar-refractivity contribution is -0.114. The van der Waals surface area contributed by atoms with E-state index in [4.69, 9.17) is 26.5 Å². The molecule has 0 spiro atoms. The van der Waals surface area contributed by atoms with Gasteiger partial charge in [-0.15, -0.1) is 0 Å². The van der Waals surface area contributed by atoms with E-state index in [0.29, 0.717) is 34.9 Å². The number of amides is 1. The molecule has 35 heavy (non-hydrogen) atoms. The van der Waals surface area contributed by atoms with Crippen LogP contribution in [0.15, 0.2) is 94.8 Å². The summed E-state index contributed by atoms with van der Waals surface area (Å²) in [5.41, 5.74) is 2.74. The Morgan fingerprint density at radius 2 is 1.74 bits per heavy atom. The van der Waals surface area contributed by atoms with Gasteiger partial charge in [-0.25, -0.2) is 0 Å². The van der Waals surface area contributed by atoms with E-state index in [0.717, 1.165) is 16.8 Å². The van der Waals surface area contributed by atoms with Crippen LogP contribution >= 0.6 is 23.4 Å². The third-order valence-electron chi connectivity index (χ3n) is 5.30. The minimum atomic E-state index is -0.434. The Morgan fingerprint density at radius 3 is 2.57 bits per heavy atom. The molecule has 3 aromatic carbocycles. The third-order valence-corrected chi connectivity index (χ3v) is 6.44. The lowest BCUT2D eigenvalue weighted by Crippen LogP contribution is -2.38. The van der Waals surface area contributed by atoms with Gasteiger partial charge in [0, 0.05) is 5.41 Å². The quantitative estimate of drug-likeness (QED) is 0.312. The fourth-order valence-electron chi connectivity index (χ4n) is 3.65. The van der Waals surface area contributed by atoms with Crippen molar-refractivity contribution >= 4 is 52.0 Å². The molecular formula is C27H20ClN3O3S.